The van der Waals surface area contributed by atoms with Crippen molar-refractivity contribution in [3.05, 3.63) is 57.9 Å². The average Bonchev–Trinajstić information content (AvgIpc) is 3.38. The van der Waals surface area contributed by atoms with Gasteiger partial charge >= 0.3 is 0 Å². The molecule has 0 radical (unpaired) electrons. The number of methoxy groups -OCH3 is 1. The second-order valence-electron chi connectivity index (χ2n) is 7.44. The van der Waals surface area contributed by atoms with Gasteiger partial charge in [-0.15, -0.1) is 0 Å². The monoisotopic (exact) mass is 515 g/mol. The van der Waals surface area contributed by atoms with Crippen molar-refractivity contribution in [2.75, 3.05) is 20.3 Å². The van der Waals surface area contributed by atoms with Crippen LogP contribution in [0.1, 0.15) is 12.8 Å². The van der Waals surface area contributed by atoms with Crippen molar-refractivity contribution >= 4 is 49.1 Å². The maximum Gasteiger partial charge on any atom is 0.266 e. The Morgan fingerprint density at radius 3 is 2.70 bits per heavy atom. The van der Waals surface area contributed by atoms with Crippen molar-refractivity contribution in [1.29, 1.82) is 0 Å². The third-order valence-electron chi connectivity index (χ3n) is 5.33. The summed E-state index contributed by atoms with van der Waals surface area (Å²) in [6.07, 6.45) is 0.801. The predicted octanol–water partition coefficient (Wildman–Crippen LogP) is 3.56. The zero-order valence-electron chi connectivity index (χ0n) is 17.5. The molecule has 4 rings (SSSR count). The summed E-state index contributed by atoms with van der Waals surface area (Å²) in [5, 5.41) is 0.395. The number of carbonyl (C=O) groups is 1. The summed E-state index contributed by atoms with van der Waals surface area (Å²) in [7, 11) is -2.47. The highest BCUT2D eigenvalue weighted by atomic mass is 35.5. The largest absolute Gasteiger partial charge is 0.383 e. The van der Waals surface area contributed by atoms with Crippen LogP contribution >= 0.6 is 22.9 Å². The van der Waals surface area contributed by atoms with E-state index < -0.39 is 33.6 Å². The molecule has 0 spiro atoms. The number of halogens is 3. The van der Waals surface area contributed by atoms with Crippen LogP contribution in [0.25, 0.3) is 10.2 Å². The van der Waals surface area contributed by atoms with Crippen molar-refractivity contribution in [3.63, 3.8) is 0 Å². The maximum atomic E-state index is 14.5. The molecule has 1 saturated heterocycles. The van der Waals surface area contributed by atoms with Crippen LogP contribution in [0.4, 0.5) is 8.78 Å². The molecule has 1 atom stereocenters. The van der Waals surface area contributed by atoms with Gasteiger partial charge in [0.05, 0.1) is 21.7 Å². The summed E-state index contributed by atoms with van der Waals surface area (Å²) >= 11 is 6.81. The molecule has 1 fully saturated rings. The molecule has 1 aliphatic heterocycles. The molecule has 33 heavy (non-hydrogen) atoms. The zero-order valence-corrected chi connectivity index (χ0v) is 19.9. The van der Waals surface area contributed by atoms with Gasteiger partial charge in [-0.05, 0) is 43.2 Å². The fourth-order valence-electron chi connectivity index (χ4n) is 3.79. The molecule has 0 bridgehead atoms. The van der Waals surface area contributed by atoms with Crippen molar-refractivity contribution in [1.82, 2.24) is 8.87 Å². The van der Waals surface area contributed by atoms with E-state index in [0.717, 1.165) is 21.7 Å². The van der Waals surface area contributed by atoms with E-state index in [2.05, 4.69) is 4.99 Å². The summed E-state index contributed by atoms with van der Waals surface area (Å²) < 4.78 is 62.4. The Hall–Kier alpha value is -2.18. The molecule has 2 aromatic carbocycles. The fourth-order valence-corrected chi connectivity index (χ4v) is 6.67. The Kier molecular flexibility index (Phi) is 6.96. The zero-order chi connectivity index (χ0) is 23.8. The van der Waals surface area contributed by atoms with E-state index in [1.54, 1.807) is 0 Å². The number of aromatic nitrogens is 1. The summed E-state index contributed by atoms with van der Waals surface area (Å²) in [4.78, 5) is 17.4. The molecule has 1 aliphatic rings. The normalized spacial score (nSPS) is 17.8. The molecule has 1 amide bonds. The molecule has 0 N–H and O–H groups in total. The number of nitrogens with zero attached hydrogens (tertiary/aromatic N) is 3. The molecule has 2 heterocycles. The second-order valence-corrected chi connectivity index (χ2v) is 10.8. The predicted molar refractivity (Wildman–Crippen MR) is 121 cm³/mol. The van der Waals surface area contributed by atoms with Gasteiger partial charge in [0, 0.05) is 31.3 Å². The number of carbonyl (C=O) groups excluding carboxylic acids is 1. The number of amides is 1. The van der Waals surface area contributed by atoms with Gasteiger partial charge in [-0.25, -0.2) is 17.2 Å². The molecule has 0 saturated carbocycles. The van der Waals surface area contributed by atoms with Crippen LogP contribution in [0.3, 0.4) is 0 Å². The lowest BCUT2D eigenvalue weighted by Gasteiger charge is -2.21. The van der Waals surface area contributed by atoms with E-state index in [1.807, 2.05) is 0 Å². The van der Waals surface area contributed by atoms with Crippen molar-refractivity contribution in [3.8, 4) is 0 Å². The number of thiazole rings is 1. The van der Waals surface area contributed by atoms with Crippen LogP contribution in [0.2, 0.25) is 5.02 Å². The molecular weight excluding hydrogens is 496 g/mol. The number of benzene rings is 2. The fraction of sp³-hybridized carbons (Fsp3) is 0.333. The van der Waals surface area contributed by atoms with Gasteiger partial charge < -0.3 is 9.30 Å². The van der Waals surface area contributed by atoms with Crippen LogP contribution in [-0.2, 0) is 26.1 Å². The minimum Gasteiger partial charge on any atom is -0.383 e. The smallest absolute Gasteiger partial charge is 0.266 e. The van der Waals surface area contributed by atoms with Gasteiger partial charge in [0.2, 0.25) is 10.0 Å². The van der Waals surface area contributed by atoms with Gasteiger partial charge in [0.25, 0.3) is 5.91 Å². The Balaban J connectivity index is 1.74. The first-order chi connectivity index (χ1) is 15.7. The number of sulfonamides is 1. The minimum atomic E-state index is -3.94. The molecule has 1 unspecified atom stereocenters. The quantitative estimate of drug-likeness (QED) is 0.503. The maximum absolute atomic E-state index is 14.5. The second kappa shape index (κ2) is 9.59. The first-order valence-corrected chi connectivity index (χ1v) is 12.7. The van der Waals surface area contributed by atoms with Gasteiger partial charge in [-0.3, -0.25) is 4.79 Å². The number of rotatable bonds is 6. The van der Waals surface area contributed by atoms with Crippen LogP contribution in [0, 0.1) is 11.6 Å². The van der Waals surface area contributed by atoms with Gasteiger partial charge in [0.15, 0.2) is 10.6 Å². The Morgan fingerprint density at radius 2 is 2.00 bits per heavy atom. The van der Waals surface area contributed by atoms with E-state index in [1.165, 1.54) is 42.0 Å². The van der Waals surface area contributed by atoms with Gasteiger partial charge in [0.1, 0.15) is 11.9 Å². The first-order valence-electron chi connectivity index (χ1n) is 10.1. The Labute approximate surface area is 197 Å². The molecule has 12 heteroatoms. The Morgan fingerprint density at radius 1 is 1.27 bits per heavy atom. The SMILES string of the molecule is COCCn1c(=NC(=O)C2CCCN2S(=O)(=O)c2ccc(Cl)cc2)sc2cc(F)cc(F)c21. The van der Waals surface area contributed by atoms with Crippen molar-refractivity contribution in [2.45, 2.75) is 30.3 Å². The van der Waals surface area contributed by atoms with Crippen LogP contribution < -0.4 is 4.80 Å². The van der Waals surface area contributed by atoms with Crippen LogP contribution in [0.5, 0.6) is 0 Å². The van der Waals surface area contributed by atoms with Gasteiger partial charge in [-0.2, -0.15) is 9.30 Å². The van der Waals surface area contributed by atoms with Gasteiger partial charge in [-0.1, -0.05) is 22.9 Å². The lowest BCUT2D eigenvalue weighted by atomic mass is 10.2. The standard InChI is InChI=1S/C21H20ClF2N3O4S2/c1-31-10-9-26-19-16(24)11-14(23)12-18(19)32-21(26)25-20(28)17-3-2-8-27(17)33(29,30)15-6-4-13(22)5-7-15/h4-7,11-12,17H,2-3,8-10H2,1H3. The van der Waals surface area contributed by atoms with Crippen molar-refractivity contribution in [2.24, 2.45) is 4.99 Å². The first kappa shape index (κ1) is 24.0. The summed E-state index contributed by atoms with van der Waals surface area (Å²) in [5.74, 6) is -2.18. The molecule has 0 aliphatic carbocycles. The minimum absolute atomic E-state index is 0.0289. The lowest BCUT2D eigenvalue weighted by Crippen LogP contribution is -2.40. The Bertz CT molecular complexity index is 1370. The van der Waals surface area contributed by atoms with E-state index in [9.17, 15) is 22.0 Å². The van der Waals surface area contributed by atoms with E-state index in [0.29, 0.717) is 17.9 Å². The lowest BCUT2D eigenvalue weighted by molar-refractivity contribution is -0.121. The summed E-state index contributed by atoms with van der Waals surface area (Å²) in [6.45, 7) is 0.569. The summed E-state index contributed by atoms with van der Waals surface area (Å²) in [5.41, 5.74) is 0.113. The summed E-state index contributed by atoms with van der Waals surface area (Å²) in [6, 6.07) is 6.65. The highest BCUT2D eigenvalue weighted by Crippen LogP contribution is 2.28. The molecule has 1 aromatic heterocycles. The van der Waals surface area contributed by atoms with E-state index in [-0.39, 0.29) is 39.6 Å². The highest BCUT2D eigenvalue weighted by Gasteiger charge is 2.39. The van der Waals surface area contributed by atoms with E-state index in [4.69, 9.17) is 16.3 Å². The molecule has 176 valence electrons. The van der Waals surface area contributed by atoms with Crippen molar-refractivity contribution < 1.29 is 26.7 Å². The number of hydrogen-bond donors (Lipinski definition) is 0. The van der Waals surface area contributed by atoms with Crippen LogP contribution in [-0.4, -0.2) is 49.5 Å². The third-order valence-corrected chi connectivity index (χ3v) is 8.53. The average molecular weight is 516 g/mol. The van der Waals surface area contributed by atoms with E-state index >= 15 is 0 Å². The highest BCUT2D eigenvalue weighted by molar-refractivity contribution is 7.89. The topological polar surface area (TPSA) is 81.0 Å². The molecule has 3 aromatic rings. The molecule has 7 nitrogen and oxygen atoms in total. The number of fused-ring (bicyclic) bond motifs is 1. The third kappa shape index (κ3) is 4.73. The molecular formula is C21H20ClF2N3O4S2. The number of hydrogen-bond acceptors (Lipinski definition) is 5. The van der Waals surface area contributed by atoms with Crippen LogP contribution in [0.15, 0.2) is 46.3 Å². The number of ether oxygens (including phenoxy) is 1.